The fraction of sp³-hybridized carbons (Fsp3) is 0.130. The summed E-state index contributed by atoms with van der Waals surface area (Å²) in [4.78, 5) is 20.5. The molecule has 0 saturated carbocycles. The van der Waals surface area contributed by atoms with Crippen molar-refractivity contribution in [3.63, 3.8) is 0 Å². The van der Waals surface area contributed by atoms with Crippen molar-refractivity contribution < 1.29 is 19.0 Å². The second-order valence-corrected chi connectivity index (χ2v) is 6.37. The Kier molecular flexibility index (Phi) is 4.91. The first-order chi connectivity index (χ1) is 14.2. The fourth-order valence-electron chi connectivity index (χ4n) is 3.46. The molecule has 0 fully saturated rings. The Labute approximate surface area is 167 Å². The summed E-state index contributed by atoms with van der Waals surface area (Å²) in [5, 5.41) is 2.03. The van der Waals surface area contributed by atoms with Crippen LogP contribution in [-0.2, 0) is 0 Å². The van der Waals surface area contributed by atoms with E-state index in [2.05, 4.69) is 9.97 Å². The lowest BCUT2D eigenvalue weighted by Gasteiger charge is -2.13. The number of aromatic nitrogens is 2. The molecule has 4 rings (SSSR count). The zero-order valence-electron chi connectivity index (χ0n) is 16.4. The molecule has 2 aromatic heterocycles. The minimum Gasteiger partial charge on any atom is -0.493 e. The number of allylic oxidation sites excluding steroid dienone is 1. The predicted octanol–water partition coefficient (Wildman–Crippen LogP) is 4.64. The summed E-state index contributed by atoms with van der Waals surface area (Å²) in [5.41, 5.74) is 2.76. The molecule has 6 heteroatoms. The summed E-state index contributed by atoms with van der Waals surface area (Å²) in [7, 11) is 4.64. The Morgan fingerprint density at radius 3 is 2.48 bits per heavy atom. The highest BCUT2D eigenvalue weighted by molar-refractivity contribution is 6.17. The van der Waals surface area contributed by atoms with Crippen molar-refractivity contribution in [2.24, 2.45) is 0 Å². The van der Waals surface area contributed by atoms with Crippen LogP contribution in [0.3, 0.4) is 0 Å². The molecule has 6 nitrogen and oxygen atoms in total. The molecule has 2 heterocycles. The summed E-state index contributed by atoms with van der Waals surface area (Å²) < 4.78 is 16.2. The second-order valence-electron chi connectivity index (χ2n) is 6.37. The molecule has 0 aliphatic rings. The van der Waals surface area contributed by atoms with Crippen molar-refractivity contribution >= 4 is 33.7 Å². The Morgan fingerprint density at radius 2 is 1.72 bits per heavy atom. The monoisotopic (exact) mass is 388 g/mol. The van der Waals surface area contributed by atoms with Crippen molar-refractivity contribution in [1.82, 2.24) is 9.97 Å². The van der Waals surface area contributed by atoms with Gasteiger partial charge in [-0.25, -0.2) is 0 Å². The van der Waals surface area contributed by atoms with Crippen LogP contribution in [0.25, 0.3) is 27.9 Å². The highest BCUT2D eigenvalue weighted by atomic mass is 16.5. The third-order valence-electron chi connectivity index (χ3n) is 4.81. The number of rotatable bonds is 6. The number of ether oxygens (including phenoxy) is 3. The molecular formula is C23H20N2O4. The number of carbonyl (C=O) groups is 1. The van der Waals surface area contributed by atoms with Gasteiger partial charge in [0.05, 0.1) is 26.8 Å². The van der Waals surface area contributed by atoms with E-state index in [0.717, 1.165) is 21.8 Å². The molecule has 0 amide bonds. The molecule has 0 aliphatic carbocycles. The molecule has 0 atom stereocenters. The maximum atomic E-state index is 12.9. The molecule has 0 spiro atoms. The number of hydrogen-bond donors (Lipinski definition) is 1. The molecule has 4 aromatic rings. The lowest BCUT2D eigenvalue weighted by atomic mass is 10.1. The number of fused-ring (bicyclic) bond motifs is 3. The van der Waals surface area contributed by atoms with E-state index < -0.39 is 0 Å². The van der Waals surface area contributed by atoms with E-state index in [0.29, 0.717) is 28.5 Å². The van der Waals surface area contributed by atoms with Crippen LogP contribution < -0.4 is 14.2 Å². The van der Waals surface area contributed by atoms with E-state index in [4.69, 9.17) is 14.2 Å². The van der Waals surface area contributed by atoms with E-state index in [1.54, 1.807) is 45.7 Å². The van der Waals surface area contributed by atoms with Crippen LogP contribution in [-0.4, -0.2) is 37.1 Å². The first kappa shape index (κ1) is 18.6. The van der Waals surface area contributed by atoms with Crippen LogP contribution >= 0.6 is 0 Å². The SMILES string of the molecule is COc1ccc(/C=C/C(=O)c2nccc3c2[nH]c2ccccc23)c(OC)c1OC. The Hall–Kier alpha value is -3.80. The van der Waals surface area contributed by atoms with Crippen molar-refractivity contribution in [3.05, 3.63) is 66.0 Å². The quantitative estimate of drug-likeness (QED) is 0.385. The summed E-state index contributed by atoms with van der Waals surface area (Å²) in [5.74, 6) is 1.31. The third-order valence-corrected chi connectivity index (χ3v) is 4.81. The van der Waals surface area contributed by atoms with Crippen LogP contribution in [0.2, 0.25) is 0 Å². The highest BCUT2D eigenvalue weighted by Crippen LogP contribution is 2.40. The minimum absolute atomic E-state index is 0.209. The number of hydrogen-bond acceptors (Lipinski definition) is 5. The summed E-state index contributed by atoms with van der Waals surface area (Å²) in [6, 6.07) is 13.4. The number of benzene rings is 2. The molecule has 0 radical (unpaired) electrons. The van der Waals surface area contributed by atoms with E-state index in [-0.39, 0.29) is 5.78 Å². The number of ketones is 1. The zero-order valence-corrected chi connectivity index (χ0v) is 16.4. The molecule has 146 valence electrons. The first-order valence-corrected chi connectivity index (χ1v) is 9.04. The number of aromatic amines is 1. The average Bonchev–Trinajstić information content (AvgIpc) is 3.15. The van der Waals surface area contributed by atoms with E-state index in [9.17, 15) is 4.79 Å². The van der Waals surface area contributed by atoms with E-state index in [1.165, 1.54) is 6.08 Å². The molecule has 0 bridgehead atoms. The number of carbonyl (C=O) groups excluding carboxylic acids is 1. The maximum Gasteiger partial charge on any atom is 0.206 e. The van der Waals surface area contributed by atoms with Crippen molar-refractivity contribution in [2.45, 2.75) is 0 Å². The van der Waals surface area contributed by atoms with Gasteiger partial charge in [-0.3, -0.25) is 9.78 Å². The molecular weight excluding hydrogens is 368 g/mol. The van der Waals surface area contributed by atoms with Gasteiger partial charge in [0.1, 0.15) is 5.69 Å². The Bertz CT molecular complexity index is 1240. The molecule has 0 saturated heterocycles. The normalized spacial score (nSPS) is 11.3. The van der Waals surface area contributed by atoms with Gasteiger partial charge in [-0.05, 0) is 36.4 Å². The maximum absolute atomic E-state index is 12.9. The molecule has 29 heavy (non-hydrogen) atoms. The van der Waals surface area contributed by atoms with Gasteiger partial charge in [0.25, 0.3) is 0 Å². The Morgan fingerprint density at radius 1 is 0.931 bits per heavy atom. The van der Waals surface area contributed by atoms with Gasteiger partial charge in [-0.2, -0.15) is 0 Å². The smallest absolute Gasteiger partial charge is 0.206 e. The minimum atomic E-state index is -0.209. The standard InChI is InChI=1S/C23H20N2O4/c1-27-19-11-9-14(22(28-2)23(19)29-3)8-10-18(26)21-20-16(12-13-24-21)15-6-4-5-7-17(15)25-20/h4-13,25H,1-3H3/b10-8+. The highest BCUT2D eigenvalue weighted by Gasteiger charge is 2.16. The van der Waals surface area contributed by atoms with E-state index >= 15 is 0 Å². The van der Waals surface area contributed by atoms with E-state index in [1.807, 2.05) is 30.3 Å². The van der Waals surface area contributed by atoms with Crippen molar-refractivity contribution in [3.8, 4) is 17.2 Å². The molecule has 1 N–H and O–H groups in total. The first-order valence-electron chi connectivity index (χ1n) is 9.04. The summed E-state index contributed by atoms with van der Waals surface area (Å²) in [6.45, 7) is 0. The average molecular weight is 388 g/mol. The third kappa shape index (κ3) is 3.18. The fourth-order valence-corrected chi connectivity index (χ4v) is 3.46. The van der Waals surface area contributed by atoms with Crippen LogP contribution in [0, 0.1) is 0 Å². The van der Waals surface area contributed by atoms with Crippen LogP contribution in [0.4, 0.5) is 0 Å². The molecule has 0 unspecified atom stereocenters. The number of nitrogens with zero attached hydrogens (tertiary/aromatic N) is 1. The van der Waals surface area contributed by atoms with Gasteiger partial charge in [0, 0.05) is 28.0 Å². The van der Waals surface area contributed by atoms with Crippen LogP contribution in [0.15, 0.2) is 54.7 Å². The van der Waals surface area contributed by atoms with Gasteiger partial charge in [0.2, 0.25) is 11.5 Å². The number of pyridine rings is 1. The largest absolute Gasteiger partial charge is 0.493 e. The van der Waals surface area contributed by atoms with Gasteiger partial charge in [-0.1, -0.05) is 18.2 Å². The summed E-state index contributed by atoms with van der Waals surface area (Å²) >= 11 is 0. The molecule has 2 aromatic carbocycles. The van der Waals surface area contributed by atoms with Crippen LogP contribution in [0.5, 0.6) is 17.2 Å². The number of nitrogens with one attached hydrogen (secondary N) is 1. The number of para-hydroxylation sites is 1. The zero-order chi connectivity index (χ0) is 20.4. The van der Waals surface area contributed by atoms with Crippen LogP contribution in [0.1, 0.15) is 16.1 Å². The number of methoxy groups -OCH3 is 3. The lowest BCUT2D eigenvalue weighted by molar-refractivity contribution is 0.104. The van der Waals surface area contributed by atoms with Gasteiger partial charge < -0.3 is 19.2 Å². The van der Waals surface area contributed by atoms with Gasteiger partial charge in [-0.15, -0.1) is 0 Å². The topological polar surface area (TPSA) is 73.4 Å². The number of H-pyrrole nitrogens is 1. The van der Waals surface area contributed by atoms with Gasteiger partial charge in [0.15, 0.2) is 11.5 Å². The summed E-state index contributed by atoms with van der Waals surface area (Å²) in [6.07, 6.45) is 4.82. The van der Waals surface area contributed by atoms with Crippen molar-refractivity contribution in [2.75, 3.05) is 21.3 Å². The Balaban J connectivity index is 1.74. The lowest BCUT2D eigenvalue weighted by Crippen LogP contribution is -2.00. The van der Waals surface area contributed by atoms with Gasteiger partial charge >= 0.3 is 0 Å². The second kappa shape index (κ2) is 7.67. The molecule has 0 aliphatic heterocycles. The van der Waals surface area contributed by atoms with Crippen molar-refractivity contribution in [1.29, 1.82) is 0 Å². The predicted molar refractivity (Wildman–Crippen MR) is 113 cm³/mol.